The van der Waals surface area contributed by atoms with E-state index in [1.54, 1.807) is 6.07 Å². The van der Waals surface area contributed by atoms with E-state index in [-0.39, 0.29) is 17.8 Å². The van der Waals surface area contributed by atoms with Gasteiger partial charge in [0.2, 0.25) is 5.91 Å². The molecule has 21 heavy (non-hydrogen) atoms. The zero-order valence-corrected chi connectivity index (χ0v) is 13.0. The molecule has 0 spiro atoms. The summed E-state index contributed by atoms with van der Waals surface area (Å²) in [6.07, 6.45) is 2.17. The van der Waals surface area contributed by atoms with Crippen molar-refractivity contribution in [2.75, 3.05) is 13.7 Å². The minimum atomic E-state index is -0.344. The van der Waals surface area contributed by atoms with Crippen LogP contribution in [0.5, 0.6) is 5.75 Å². The van der Waals surface area contributed by atoms with E-state index in [1.165, 1.54) is 19.2 Å². The highest BCUT2D eigenvalue weighted by atomic mass is 19.1. The van der Waals surface area contributed by atoms with Gasteiger partial charge in [-0.05, 0) is 50.4 Å². The van der Waals surface area contributed by atoms with Gasteiger partial charge in [-0.2, -0.15) is 0 Å². The second-order valence-electron chi connectivity index (χ2n) is 5.40. The first-order valence-corrected chi connectivity index (χ1v) is 7.30. The van der Waals surface area contributed by atoms with Crippen LogP contribution in [0.25, 0.3) is 0 Å². The Morgan fingerprint density at radius 1 is 1.38 bits per heavy atom. The van der Waals surface area contributed by atoms with E-state index in [0.717, 1.165) is 12.8 Å². The third-order valence-electron chi connectivity index (χ3n) is 3.56. The maximum atomic E-state index is 13.3. The second kappa shape index (κ2) is 8.62. The molecule has 4 nitrogen and oxygen atoms in total. The number of halogens is 1. The Balaban J connectivity index is 2.58. The van der Waals surface area contributed by atoms with Gasteiger partial charge in [0.25, 0.3) is 0 Å². The predicted octanol–water partition coefficient (Wildman–Crippen LogP) is 2.78. The van der Waals surface area contributed by atoms with E-state index in [9.17, 15) is 9.18 Å². The van der Waals surface area contributed by atoms with Gasteiger partial charge >= 0.3 is 0 Å². The molecule has 118 valence electrons. The van der Waals surface area contributed by atoms with Crippen LogP contribution in [0.1, 0.15) is 44.7 Å². The summed E-state index contributed by atoms with van der Waals surface area (Å²) in [5, 5.41) is 2.88. The lowest BCUT2D eigenvalue weighted by atomic mass is 10.0. The second-order valence-corrected chi connectivity index (χ2v) is 5.40. The van der Waals surface area contributed by atoms with Gasteiger partial charge < -0.3 is 15.8 Å². The largest absolute Gasteiger partial charge is 0.496 e. The number of benzene rings is 1. The molecule has 0 aromatic heterocycles. The number of hydrogen-bond acceptors (Lipinski definition) is 3. The monoisotopic (exact) mass is 296 g/mol. The first-order valence-electron chi connectivity index (χ1n) is 7.30. The van der Waals surface area contributed by atoms with E-state index < -0.39 is 0 Å². The Bertz CT molecular complexity index is 466. The summed E-state index contributed by atoms with van der Waals surface area (Å²) in [5.74, 6) is 0.613. The van der Waals surface area contributed by atoms with Crippen LogP contribution >= 0.6 is 0 Å². The predicted molar refractivity (Wildman–Crippen MR) is 81.6 cm³/mol. The van der Waals surface area contributed by atoms with Gasteiger partial charge in [0.05, 0.1) is 13.2 Å². The summed E-state index contributed by atoms with van der Waals surface area (Å²) in [4.78, 5) is 11.9. The number of ether oxygens (including phenoxy) is 1. The van der Waals surface area contributed by atoms with Crippen LogP contribution in [0.2, 0.25) is 0 Å². The zero-order chi connectivity index (χ0) is 15.8. The standard InChI is InChI=1S/C16H25FN2O2/c1-11(8-9-18)4-7-16(20)19-12(2)14-10-13(17)5-6-15(14)21-3/h5-6,10-12H,4,7-9,18H2,1-3H3,(H,19,20). The molecule has 3 N–H and O–H groups in total. The third-order valence-corrected chi connectivity index (χ3v) is 3.56. The number of nitrogens with one attached hydrogen (secondary N) is 1. The van der Waals surface area contributed by atoms with Gasteiger partial charge in [-0.3, -0.25) is 4.79 Å². The summed E-state index contributed by atoms with van der Waals surface area (Å²) in [6, 6.07) is 4.00. The summed E-state index contributed by atoms with van der Waals surface area (Å²) in [5.41, 5.74) is 6.13. The Labute approximate surface area is 125 Å². The molecule has 1 aromatic carbocycles. The molecule has 0 aliphatic carbocycles. The number of nitrogens with two attached hydrogens (primary N) is 1. The smallest absolute Gasteiger partial charge is 0.220 e. The van der Waals surface area contributed by atoms with Gasteiger partial charge in [0.1, 0.15) is 11.6 Å². The van der Waals surface area contributed by atoms with E-state index in [4.69, 9.17) is 10.5 Å². The fourth-order valence-corrected chi connectivity index (χ4v) is 2.24. The molecule has 0 saturated carbocycles. The molecule has 2 unspecified atom stereocenters. The quantitative estimate of drug-likeness (QED) is 0.775. The maximum absolute atomic E-state index is 13.3. The molecule has 2 atom stereocenters. The van der Waals surface area contributed by atoms with E-state index in [0.29, 0.717) is 30.2 Å². The van der Waals surface area contributed by atoms with Crippen molar-refractivity contribution < 1.29 is 13.9 Å². The Morgan fingerprint density at radius 3 is 2.71 bits per heavy atom. The van der Waals surface area contributed by atoms with Crippen molar-refractivity contribution in [2.45, 2.75) is 39.2 Å². The lowest BCUT2D eigenvalue weighted by molar-refractivity contribution is -0.122. The lowest BCUT2D eigenvalue weighted by Gasteiger charge is -2.18. The Morgan fingerprint density at radius 2 is 2.10 bits per heavy atom. The highest BCUT2D eigenvalue weighted by Gasteiger charge is 2.15. The molecular formula is C16H25FN2O2. The summed E-state index contributed by atoms with van der Waals surface area (Å²) in [6.45, 7) is 4.54. The Kier molecular flexibility index (Phi) is 7.15. The topological polar surface area (TPSA) is 64.3 Å². The summed E-state index contributed by atoms with van der Waals surface area (Å²) >= 11 is 0. The number of carbonyl (C=O) groups is 1. The maximum Gasteiger partial charge on any atom is 0.220 e. The number of rotatable bonds is 8. The molecule has 5 heteroatoms. The summed E-state index contributed by atoms with van der Waals surface area (Å²) < 4.78 is 18.5. The first-order chi connectivity index (χ1) is 9.97. The fourth-order valence-electron chi connectivity index (χ4n) is 2.24. The normalized spacial score (nSPS) is 13.6. The van der Waals surface area contributed by atoms with Gasteiger partial charge in [-0.1, -0.05) is 6.92 Å². The van der Waals surface area contributed by atoms with Gasteiger partial charge in [-0.25, -0.2) is 4.39 Å². The van der Waals surface area contributed by atoms with Crippen LogP contribution in [0.4, 0.5) is 4.39 Å². The molecule has 0 bridgehead atoms. The van der Waals surface area contributed by atoms with Crippen LogP contribution < -0.4 is 15.8 Å². The van der Waals surface area contributed by atoms with Crippen LogP contribution in [0, 0.1) is 11.7 Å². The Hall–Kier alpha value is -1.62. The van der Waals surface area contributed by atoms with Crippen LogP contribution in [0.3, 0.4) is 0 Å². The molecule has 0 saturated heterocycles. The molecule has 1 amide bonds. The highest BCUT2D eigenvalue weighted by molar-refractivity contribution is 5.76. The van der Waals surface area contributed by atoms with Crippen LogP contribution in [0.15, 0.2) is 18.2 Å². The molecule has 1 rings (SSSR count). The van der Waals surface area contributed by atoms with Gasteiger partial charge in [-0.15, -0.1) is 0 Å². The molecule has 1 aromatic rings. The van der Waals surface area contributed by atoms with Crippen molar-refractivity contribution in [2.24, 2.45) is 11.7 Å². The van der Waals surface area contributed by atoms with Crippen molar-refractivity contribution in [1.82, 2.24) is 5.32 Å². The van der Waals surface area contributed by atoms with Crippen molar-refractivity contribution in [1.29, 1.82) is 0 Å². The fraction of sp³-hybridized carbons (Fsp3) is 0.562. The van der Waals surface area contributed by atoms with Crippen molar-refractivity contribution in [3.8, 4) is 5.75 Å². The van der Waals surface area contributed by atoms with Crippen LogP contribution in [-0.2, 0) is 4.79 Å². The number of methoxy groups -OCH3 is 1. The molecule has 0 aliphatic rings. The molecular weight excluding hydrogens is 271 g/mol. The first kappa shape index (κ1) is 17.4. The SMILES string of the molecule is COc1ccc(F)cc1C(C)NC(=O)CCC(C)CCN. The number of hydrogen-bond donors (Lipinski definition) is 2. The van der Waals surface area contributed by atoms with Gasteiger partial charge in [0.15, 0.2) is 0 Å². The molecule has 0 fully saturated rings. The number of carbonyl (C=O) groups excluding carboxylic acids is 1. The van der Waals surface area contributed by atoms with Crippen molar-refractivity contribution in [3.05, 3.63) is 29.6 Å². The zero-order valence-electron chi connectivity index (χ0n) is 13.0. The average molecular weight is 296 g/mol. The molecule has 0 radical (unpaired) electrons. The van der Waals surface area contributed by atoms with E-state index >= 15 is 0 Å². The van der Waals surface area contributed by atoms with Gasteiger partial charge in [0, 0.05) is 12.0 Å². The van der Waals surface area contributed by atoms with E-state index in [1.807, 2.05) is 6.92 Å². The van der Waals surface area contributed by atoms with Crippen molar-refractivity contribution >= 4 is 5.91 Å². The lowest BCUT2D eigenvalue weighted by Crippen LogP contribution is -2.27. The minimum absolute atomic E-state index is 0.0438. The number of amides is 1. The average Bonchev–Trinajstić information content (AvgIpc) is 2.45. The highest BCUT2D eigenvalue weighted by Crippen LogP contribution is 2.26. The van der Waals surface area contributed by atoms with Crippen molar-refractivity contribution in [3.63, 3.8) is 0 Å². The third kappa shape index (κ3) is 5.71. The van der Waals surface area contributed by atoms with E-state index in [2.05, 4.69) is 12.2 Å². The molecule has 0 aliphatic heterocycles. The molecule has 0 heterocycles. The summed E-state index contributed by atoms with van der Waals surface area (Å²) in [7, 11) is 1.53. The minimum Gasteiger partial charge on any atom is -0.496 e. The van der Waals surface area contributed by atoms with Crippen LogP contribution in [-0.4, -0.2) is 19.6 Å².